The summed E-state index contributed by atoms with van der Waals surface area (Å²) in [6.07, 6.45) is 1.76. The van der Waals surface area contributed by atoms with E-state index < -0.39 is 28.5 Å². The van der Waals surface area contributed by atoms with Crippen molar-refractivity contribution in [1.82, 2.24) is 10.2 Å². The minimum absolute atomic E-state index is 0.0826. The van der Waals surface area contributed by atoms with Gasteiger partial charge in [-0.3, -0.25) is 13.9 Å². The zero-order valence-electron chi connectivity index (χ0n) is 22.9. The predicted molar refractivity (Wildman–Crippen MR) is 159 cm³/mol. The van der Waals surface area contributed by atoms with Gasteiger partial charge in [0.05, 0.1) is 10.6 Å². The molecule has 1 N–H and O–H groups in total. The first-order valence-electron chi connectivity index (χ1n) is 13.0. The van der Waals surface area contributed by atoms with Crippen LogP contribution in [0.4, 0.5) is 5.69 Å². The van der Waals surface area contributed by atoms with Gasteiger partial charge in [0.2, 0.25) is 11.8 Å². The third kappa shape index (κ3) is 8.16. The lowest BCUT2D eigenvalue weighted by molar-refractivity contribution is -0.139. The average molecular weight is 615 g/mol. The van der Waals surface area contributed by atoms with E-state index in [0.29, 0.717) is 12.2 Å². The van der Waals surface area contributed by atoms with Crippen LogP contribution in [0.25, 0.3) is 0 Å². The Hall–Kier alpha value is -3.17. The number of unbranched alkanes of at least 4 members (excludes halogenated alkanes) is 1. The van der Waals surface area contributed by atoms with Crippen molar-refractivity contribution in [3.05, 3.63) is 94.0 Å². The molecule has 0 unspecified atom stereocenters. The van der Waals surface area contributed by atoms with Gasteiger partial charge < -0.3 is 10.2 Å². The number of halogens is 1. The largest absolute Gasteiger partial charge is 0.354 e. The predicted octanol–water partition coefficient (Wildman–Crippen LogP) is 5.59. The minimum atomic E-state index is -4.08. The summed E-state index contributed by atoms with van der Waals surface area (Å²) < 4.78 is 29.5. The molecule has 1 atom stereocenters. The van der Waals surface area contributed by atoms with Gasteiger partial charge in [-0.1, -0.05) is 76.8 Å². The number of rotatable bonds is 12. The Balaban J connectivity index is 1.98. The summed E-state index contributed by atoms with van der Waals surface area (Å²) in [6, 6.07) is 20.2. The van der Waals surface area contributed by atoms with E-state index in [2.05, 4.69) is 21.2 Å². The molecule has 3 aromatic carbocycles. The highest BCUT2D eigenvalue weighted by Gasteiger charge is 2.32. The SMILES string of the molecule is CCCCNC(=O)[C@@H](C)N(Cc1ccc(C)cc1)C(=O)CN(c1ccc(Br)cc1)S(=O)(=O)c1ccc(C)cc1. The van der Waals surface area contributed by atoms with Crippen LogP contribution in [0.1, 0.15) is 43.4 Å². The second-order valence-corrected chi connectivity index (χ2v) is 12.4. The van der Waals surface area contributed by atoms with E-state index in [0.717, 1.165) is 38.3 Å². The molecule has 2 amide bonds. The summed E-state index contributed by atoms with van der Waals surface area (Å²) in [5, 5.41) is 2.90. The zero-order chi connectivity index (χ0) is 28.6. The molecule has 0 aliphatic rings. The molecule has 0 heterocycles. The number of benzene rings is 3. The van der Waals surface area contributed by atoms with E-state index in [1.807, 2.05) is 45.0 Å². The molecule has 7 nitrogen and oxygen atoms in total. The maximum Gasteiger partial charge on any atom is 0.264 e. The first-order chi connectivity index (χ1) is 18.5. The van der Waals surface area contributed by atoms with Gasteiger partial charge in [-0.05, 0) is 69.2 Å². The van der Waals surface area contributed by atoms with Gasteiger partial charge in [-0.25, -0.2) is 8.42 Å². The van der Waals surface area contributed by atoms with Crippen LogP contribution >= 0.6 is 15.9 Å². The molecular weight excluding hydrogens is 578 g/mol. The molecule has 39 heavy (non-hydrogen) atoms. The summed E-state index contributed by atoms with van der Waals surface area (Å²) in [5.74, 6) is -0.757. The third-order valence-electron chi connectivity index (χ3n) is 6.47. The molecular formula is C30H36BrN3O4S. The van der Waals surface area contributed by atoms with Gasteiger partial charge >= 0.3 is 0 Å². The van der Waals surface area contributed by atoms with Crippen molar-refractivity contribution in [2.24, 2.45) is 0 Å². The van der Waals surface area contributed by atoms with Crippen molar-refractivity contribution in [3.63, 3.8) is 0 Å². The van der Waals surface area contributed by atoms with Crippen LogP contribution in [0.15, 0.2) is 82.2 Å². The fourth-order valence-electron chi connectivity index (χ4n) is 3.98. The number of sulfonamides is 1. The lowest BCUT2D eigenvalue weighted by atomic mass is 10.1. The molecule has 0 spiro atoms. The van der Waals surface area contributed by atoms with E-state index in [1.54, 1.807) is 43.3 Å². The lowest BCUT2D eigenvalue weighted by Gasteiger charge is -2.32. The number of hydrogen-bond acceptors (Lipinski definition) is 4. The molecule has 3 aromatic rings. The topological polar surface area (TPSA) is 86.8 Å². The van der Waals surface area contributed by atoms with Crippen LogP contribution in [-0.2, 0) is 26.2 Å². The van der Waals surface area contributed by atoms with Crippen molar-refractivity contribution < 1.29 is 18.0 Å². The van der Waals surface area contributed by atoms with E-state index in [-0.39, 0.29) is 17.3 Å². The van der Waals surface area contributed by atoms with E-state index in [1.165, 1.54) is 17.0 Å². The molecule has 0 saturated heterocycles. The Bertz CT molecular complexity index is 1360. The molecule has 0 aliphatic heterocycles. The van der Waals surface area contributed by atoms with Gasteiger partial charge in [-0.15, -0.1) is 0 Å². The van der Waals surface area contributed by atoms with Crippen molar-refractivity contribution >= 4 is 43.5 Å². The van der Waals surface area contributed by atoms with E-state index in [4.69, 9.17) is 0 Å². The highest BCUT2D eigenvalue weighted by Crippen LogP contribution is 2.26. The Morgan fingerprint density at radius 2 is 1.46 bits per heavy atom. The fourth-order valence-corrected chi connectivity index (χ4v) is 5.66. The average Bonchev–Trinajstić information content (AvgIpc) is 2.91. The Morgan fingerprint density at radius 3 is 2.03 bits per heavy atom. The van der Waals surface area contributed by atoms with Gasteiger partial charge in [0.1, 0.15) is 12.6 Å². The van der Waals surface area contributed by atoms with Crippen LogP contribution in [0.2, 0.25) is 0 Å². The van der Waals surface area contributed by atoms with Crippen LogP contribution in [0, 0.1) is 13.8 Å². The highest BCUT2D eigenvalue weighted by molar-refractivity contribution is 9.10. The third-order valence-corrected chi connectivity index (χ3v) is 8.79. The molecule has 208 valence electrons. The number of nitrogens with one attached hydrogen (secondary N) is 1. The van der Waals surface area contributed by atoms with Gasteiger partial charge in [0.25, 0.3) is 10.0 Å². The number of anilines is 1. The summed E-state index contributed by atoms with van der Waals surface area (Å²) in [5.41, 5.74) is 3.20. The summed E-state index contributed by atoms with van der Waals surface area (Å²) in [7, 11) is -4.08. The van der Waals surface area contributed by atoms with E-state index in [9.17, 15) is 18.0 Å². The van der Waals surface area contributed by atoms with Crippen molar-refractivity contribution in [2.45, 2.75) is 58.0 Å². The molecule has 0 radical (unpaired) electrons. The number of hydrogen-bond donors (Lipinski definition) is 1. The van der Waals surface area contributed by atoms with Crippen LogP contribution < -0.4 is 9.62 Å². The number of carbonyl (C=O) groups is 2. The standard InChI is InChI=1S/C30H36BrN3O4S/c1-5-6-19-32-30(36)24(4)33(20-25-11-7-22(2)8-12-25)29(35)21-34(27-15-13-26(31)14-16-27)39(37,38)28-17-9-23(3)10-18-28/h7-18,24H,5-6,19-21H2,1-4H3,(H,32,36)/t24-/m1/s1. The van der Waals surface area contributed by atoms with Crippen LogP contribution in [-0.4, -0.2) is 44.3 Å². The number of carbonyl (C=O) groups excluding carboxylic acids is 2. The Labute approximate surface area is 240 Å². The van der Waals surface area contributed by atoms with Crippen LogP contribution in [0.3, 0.4) is 0 Å². The molecule has 0 aliphatic carbocycles. The summed E-state index contributed by atoms with van der Waals surface area (Å²) in [4.78, 5) is 28.4. The molecule has 9 heteroatoms. The summed E-state index contributed by atoms with van der Waals surface area (Å²) >= 11 is 3.39. The van der Waals surface area contributed by atoms with Gasteiger partial charge in [0, 0.05) is 17.6 Å². The van der Waals surface area contributed by atoms with Crippen LogP contribution in [0.5, 0.6) is 0 Å². The maximum absolute atomic E-state index is 13.9. The minimum Gasteiger partial charge on any atom is -0.354 e. The zero-order valence-corrected chi connectivity index (χ0v) is 25.3. The fraction of sp³-hybridized carbons (Fsp3) is 0.333. The summed E-state index contributed by atoms with van der Waals surface area (Å²) in [6.45, 7) is 7.78. The van der Waals surface area contributed by atoms with Crippen molar-refractivity contribution in [2.75, 3.05) is 17.4 Å². The first kappa shape index (κ1) is 30.4. The Morgan fingerprint density at radius 1 is 0.897 bits per heavy atom. The number of nitrogens with zero attached hydrogens (tertiary/aromatic N) is 2. The second-order valence-electron chi connectivity index (χ2n) is 9.63. The molecule has 0 aromatic heterocycles. The smallest absolute Gasteiger partial charge is 0.264 e. The normalized spacial score (nSPS) is 12.0. The second kappa shape index (κ2) is 13.8. The van der Waals surface area contributed by atoms with E-state index >= 15 is 0 Å². The maximum atomic E-state index is 13.9. The first-order valence-corrected chi connectivity index (χ1v) is 15.2. The Kier molecular flexibility index (Phi) is 10.7. The highest BCUT2D eigenvalue weighted by atomic mass is 79.9. The molecule has 3 rings (SSSR count). The van der Waals surface area contributed by atoms with Gasteiger partial charge in [0.15, 0.2) is 0 Å². The molecule has 0 saturated carbocycles. The van der Waals surface area contributed by atoms with Gasteiger partial charge in [-0.2, -0.15) is 0 Å². The lowest BCUT2D eigenvalue weighted by Crippen LogP contribution is -2.51. The quantitative estimate of drug-likeness (QED) is 0.270. The molecule has 0 fully saturated rings. The van der Waals surface area contributed by atoms with Crippen molar-refractivity contribution in [1.29, 1.82) is 0 Å². The monoisotopic (exact) mass is 613 g/mol. The molecule has 0 bridgehead atoms. The number of amides is 2. The van der Waals surface area contributed by atoms with Crippen molar-refractivity contribution in [3.8, 4) is 0 Å². The number of aryl methyl sites for hydroxylation is 2.